The van der Waals surface area contributed by atoms with Crippen molar-refractivity contribution in [3.63, 3.8) is 0 Å². The van der Waals surface area contributed by atoms with E-state index in [1.807, 2.05) is 29.2 Å². The molecule has 1 aromatic carbocycles. The van der Waals surface area contributed by atoms with Gasteiger partial charge in [-0.25, -0.2) is 8.42 Å². The molecule has 2 atom stereocenters. The number of fused-ring (bicyclic) bond motifs is 1. The molecule has 0 aromatic heterocycles. The fraction of sp³-hybridized carbons (Fsp3) is 0.438. The maximum atomic E-state index is 12.1. The molecule has 0 bridgehead atoms. The van der Waals surface area contributed by atoms with E-state index in [0.717, 1.165) is 10.2 Å². The highest BCUT2D eigenvalue weighted by molar-refractivity contribution is 9.10. The lowest BCUT2D eigenvalue weighted by atomic mass is 10.2. The molecule has 0 spiro atoms. The van der Waals surface area contributed by atoms with Crippen LogP contribution in [0.4, 0.5) is 5.69 Å². The molecule has 26 heavy (non-hydrogen) atoms. The molecule has 3 rings (SSSR count). The third-order valence-corrected chi connectivity index (χ3v) is 7.86. The second-order valence-corrected chi connectivity index (χ2v) is 10.5. The number of hydrogen-bond donors (Lipinski definition) is 1. The SMILES string of the molecule is O=C(O)CCCC(=O)N=C1S[C@@H]2CS(=O)(=O)C[C@@H]2N1c1cccc(Br)c1. The fourth-order valence-electron chi connectivity index (χ4n) is 3.05. The lowest BCUT2D eigenvalue weighted by molar-refractivity contribution is -0.137. The number of aliphatic imine (C=N–C) groups is 1. The third-order valence-electron chi connectivity index (χ3n) is 4.15. The summed E-state index contributed by atoms with van der Waals surface area (Å²) in [6.07, 6.45) is 0.201. The Labute approximate surface area is 163 Å². The number of amidine groups is 1. The number of carboxylic acid groups (broad SMARTS) is 1. The molecule has 10 heteroatoms. The Kier molecular flexibility index (Phi) is 5.73. The number of benzene rings is 1. The third kappa shape index (κ3) is 4.47. The summed E-state index contributed by atoms with van der Waals surface area (Å²) in [5.41, 5.74) is 0.772. The number of thioether (sulfide) groups is 1. The number of carbonyl (C=O) groups excluding carboxylic acids is 1. The number of carboxylic acids is 1. The first-order chi connectivity index (χ1) is 12.2. The standard InChI is InChI=1S/C16H17BrN2O5S2/c17-10-3-1-4-11(7-10)19-12-8-26(23,24)9-13(12)25-16(19)18-14(20)5-2-6-15(21)22/h1,3-4,7,12-13H,2,5-6,8-9H2,(H,21,22)/t12-,13+/m0/s1. The number of hydrogen-bond acceptors (Lipinski definition) is 5. The minimum absolute atomic E-state index is 0.0312. The lowest BCUT2D eigenvalue weighted by Gasteiger charge is -2.24. The van der Waals surface area contributed by atoms with Gasteiger partial charge in [0.2, 0.25) is 5.91 Å². The molecule has 2 aliphatic heterocycles. The van der Waals surface area contributed by atoms with Gasteiger partial charge in [0, 0.05) is 28.3 Å². The van der Waals surface area contributed by atoms with Crippen LogP contribution in [0.2, 0.25) is 0 Å². The monoisotopic (exact) mass is 460 g/mol. The quantitative estimate of drug-likeness (QED) is 0.718. The van der Waals surface area contributed by atoms with Crippen LogP contribution in [0.3, 0.4) is 0 Å². The van der Waals surface area contributed by atoms with E-state index >= 15 is 0 Å². The van der Waals surface area contributed by atoms with Gasteiger partial charge in [0.1, 0.15) is 0 Å². The van der Waals surface area contributed by atoms with E-state index in [1.165, 1.54) is 11.8 Å². The number of aliphatic carboxylic acids is 1. The van der Waals surface area contributed by atoms with Gasteiger partial charge in [-0.05, 0) is 24.6 Å². The summed E-state index contributed by atoms with van der Waals surface area (Å²) >= 11 is 4.71. The molecule has 2 aliphatic rings. The second-order valence-electron chi connectivity index (χ2n) is 6.19. The average Bonchev–Trinajstić information content (AvgIpc) is 2.97. The largest absolute Gasteiger partial charge is 0.481 e. The maximum Gasteiger partial charge on any atom is 0.303 e. The highest BCUT2D eigenvalue weighted by Crippen LogP contribution is 2.41. The predicted molar refractivity (Wildman–Crippen MR) is 104 cm³/mol. The Balaban J connectivity index is 1.85. The molecule has 140 valence electrons. The zero-order chi connectivity index (χ0) is 18.9. The number of amides is 1. The molecule has 0 radical (unpaired) electrons. The molecular weight excluding hydrogens is 444 g/mol. The molecule has 2 fully saturated rings. The van der Waals surface area contributed by atoms with Crippen molar-refractivity contribution in [1.82, 2.24) is 0 Å². The second kappa shape index (κ2) is 7.69. The van der Waals surface area contributed by atoms with Crippen LogP contribution in [0.25, 0.3) is 0 Å². The van der Waals surface area contributed by atoms with Crippen LogP contribution in [0.5, 0.6) is 0 Å². The molecule has 1 aromatic rings. The van der Waals surface area contributed by atoms with Crippen molar-refractivity contribution in [2.24, 2.45) is 4.99 Å². The van der Waals surface area contributed by atoms with Crippen LogP contribution in [-0.4, -0.2) is 53.4 Å². The molecule has 0 aliphatic carbocycles. The molecule has 1 amide bonds. The van der Waals surface area contributed by atoms with Gasteiger partial charge in [-0.2, -0.15) is 4.99 Å². The van der Waals surface area contributed by atoms with E-state index in [0.29, 0.717) is 5.17 Å². The van der Waals surface area contributed by atoms with Crippen molar-refractivity contribution < 1.29 is 23.1 Å². The van der Waals surface area contributed by atoms with Crippen LogP contribution >= 0.6 is 27.7 Å². The Morgan fingerprint density at radius 3 is 2.77 bits per heavy atom. The first-order valence-electron chi connectivity index (χ1n) is 8.00. The van der Waals surface area contributed by atoms with E-state index in [-0.39, 0.29) is 42.1 Å². The van der Waals surface area contributed by atoms with Crippen molar-refractivity contribution in [2.45, 2.75) is 30.6 Å². The number of anilines is 1. The van der Waals surface area contributed by atoms with Gasteiger partial charge in [0.05, 0.1) is 17.5 Å². The van der Waals surface area contributed by atoms with Crippen molar-refractivity contribution in [2.75, 3.05) is 16.4 Å². The van der Waals surface area contributed by atoms with Crippen LogP contribution in [0.1, 0.15) is 19.3 Å². The molecule has 2 saturated heterocycles. The summed E-state index contributed by atoms with van der Waals surface area (Å²) in [5, 5.41) is 8.98. The summed E-state index contributed by atoms with van der Waals surface area (Å²) in [6, 6.07) is 7.16. The van der Waals surface area contributed by atoms with Gasteiger partial charge in [-0.3, -0.25) is 9.59 Å². The maximum absolute atomic E-state index is 12.1. The number of rotatable bonds is 5. The van der Waals surface area contributed by atoms with E-state index in [1.54, 1.807) is 0 Å². The zero-order valence-electron chi connectivity index (χ0n) is 13.7. The Hall–Kier alpha value is -1.39. The van der Waals surface area contributed by atoms with Crippen LogP contribution in [0.15, 0.2) is 33.7 Å². The zero-order valence-corrected chi connectivity index (χ0v) is 16.9. The lowest BCUT2D eigenvalue weighted by Crippen LogP contribution is -2.37. The minimum atomic E-state index is -3.11. The summed E-state index contributed by atoms with van der Waals surface area (Å²) in [5.74, 6) is -1.24. The van der Waals surface area contributed by atoms with Crippen molar-refractivity contribution >= 4 is 60.3 Å². The minimum Gasteiger partial charge on any atom is -0.481 e. The Bertz CT molecular complexity index is 871. The predicted octanol–water partition coefficient (Wildman–Crippen LogP) is 2.31. The van der Waals surface area contributed by atoms with Gasteiger partial charge in [-0.15, -0.1) is 0 Å². The first kappa shape index (κ1) is 19.4. The molecule has 0 saturated carbocycles. The number of carbonyl (C=O) groups is 2. The summed E-state index contributed by atoms with van der Waals surface area (Å²) in [7, 11) is -3.11. The topological polar surface area (TPSA) is 104 Å². The van der Waals surface area contributed by atoms with E-state index in [2.05, 4.69) is 20.9 Å². The fourth-order valence-corrected chi connectivity index (χ4v) is 7.36. The first-order valence-corrected chi connectivity index (χ1v) is 11.5. The molecule has 2 heterocycles. The van der Waals surface area contributed by atoms with E-state index < -0.39 is 21.7 Å². The van der Waals surface area contributed by atoms with Crippen LogP contribution < -0.4 is 4.90 Å². The Morgan fingerprint density at radius 2 is 2.08 bits per heavy atom. The molecular formula is C16H17BrN2O5S2. The van der Waals surface area contributed by atoms with Crippen molar-refractivity contribution in [3.8, 4) is 0 Å². The van der Waals surface area contributed by atoms with Gasteiger partial charge >= 0.3 is 5.97 Å². The van der Waals surface area contributed by atoms with Gasteiger partial charge in [0.25, 0.3) is 0 Å². The molecule has 0 unspecified atom stereocenters. The number of sulfone groups is 1. The Morgan fingerprint density at radius 1 is 1.31 bits per heavy atom. The average molecular weight is 461 g/mol. The van der Waals surface area contributed by atoms with Gasteiger partial charge < -0.3 is 10.0 Å². The number of nitrogens with zero attached hydrogens (tertiary/aromatic N) is 2. The molecule has 1 N–H and O–H groups in total. The summed E-state index contributed by atoms with van der Waals surface area (Å²) in [6.45, 7) is 0. The smallest absolute Gasteiger partial charge is 0.303 e. The number of halogens is 1. The van der Waals surface area contributed by atoms with E-state index in [4.69, 9.17) is 5.11 Å². The normalized spacial score (nSPS) is 25.4. The van der Waals surface area contributed by atoms with Gasteiger partial charge in [-0.1, -0.05) is 33.8 Å². The summed E-state index contributed by atoms with van der Waals surface area (Å²) < 4.78 is 24.9. The molecule has 7 nitrogen and oxygen atoms in total. The summed E-state index contributed by atoms with van der Waals surface area (Å²) in [4.78, 5) is 28.7. The van der Waals surface area contributed by atoms with Crippen LogP contribution in [-0.2, 0) is 19.4 Å². The van der Waals surface area contributed by atoms with Crippen LogP contribution in [0, 0.1) is 0 Å². The van der Waals surface area contributed by atoms with Gasteiger partial charge in [0.15, 0.2) is 15.0 Å². The highest BCUT2D eigenvalue weighted by atomic mass is 79.9. The van der Waals surface area contributed by atoms with Crippen molar-refractivity contribution in [3.05, 3.63) is 28.7 Å². The van der Waals surface area contributed by atoms with Crippen molar-refractivity contribution in [1.29, 1.82) is 0 Å². The van der Waals surface area contributed by atoms with E-state index in [9.17, 15) is 18.0 Å². The highest BCUT2D eigenvalue weighted by Gasteiger charge is 2.49.